The van der Waals surface area contributed by atoms with Crippen LogP contribution < -0.4 is 5.32 Å². The van der Waals surface area contributed by atoms with E-state index in [0.29, 0.717) is 12.2 Å². The van der Waals surface area contributed by atoms with Gasteiger partial charge in [0.2, 0.25) is 0 Å². The number of nitriles is 1. The Morgan fingerprint density at radius 2 is 2.26 bits per heavy atom. The standard InChI is InChI=1S/C14H17N3O2/c1-14(2,3)19-13(18)16-8-4-5-11-6-7-12(9-15)17-10-11/h4-7,10H,8H2,1-3H3,(H,16,18). The first-order chi connectivity index (χ1) is 8.90. The van der Waals surface area contributed by atoms with Crippen LogP contribution in [0.1, 0.15) is 32.0 Å². The van der Waals surface area contributed by atoms with Gasteiger partial charge in [0.05, 0.1) is 0 Å². The molecule has 0 aromatic carbocycles. The van der Waals surface area contributed by atoms with E-state index in [1.807, 2.05) is 32.9 Å². The third kappa shape index (κ3) is 6.22. The van der Waals surface area contributed by atoms with Crippen LogP contribution >= 0.6 is 0 Å². The molecule has 0 saturated heterocycles. The summed E-state index contributed by atoms with van der Waals surface area (Å²) in [6, 6.07) is 5.38. The largest absolute Gasteiger partial charge is 0.444 e. The molecule has 5 heteroatoms. The van der Waals surface area contributed by atoms with Crippen LogP contribution in [0.25, 0.3) is 6.08 Å². The quantitative estimate of drug-likeness (QED) is 0.904. The van der Waals surface area contributed by atoms with E-state index in [1.54, 1.807) is 24.4 Å². The Hall–Kier alpha value is -2.35. The predicted octanol–water partition coefficient (Wildman–Crippen LogP) is 2.49. The molecule has 1 rings (SSSR count). The van der Waals surface area contributed by atoms with Gasteiger partial charge in [0.15, 0.2) is 0 Å². The minimum Gasteiger partial charge on any atom is -0.444 e. The van der Waals surface area contributed by atoms with E-state index in [1.165, 1.54) is 0 Å². The summed E-state index contributed by atoms with van der Waals surface area (Å²) in [6.45, 7) is 5.80. The Morgan fingerprint density at radius 3 is 2.79 bits per heavy atom. The van der Waals surface area contributed by atoms with Gasteiger partial charge in [0, 0.05) is 12.7 Å². The molecule has 0 aliphatic heterocycles. The SMILES string of the molecule is CC(C)(C)OC(=O)NCC=Cc1ccc(C#N)nc1. The first-order valence-corrected chi connectivity index (χ1v) is 5.90. The Labute approximate surface area is 112 Å². The van der Waals surface area contributed by atoms with Crippen molar-refractivity contribution in [3.8, 4) is 6.07 Å². The van der Waals surface area contributed by atoms with Crippen LogP contribution in [0.2, 0.25) is 0 Å². The zero-order valence-electron chi connectivity index (χ0n) is 11.3. The normalized spacial score (nSPS) is 11.1. The van der Waals surface area contributed by atoms with E-state index in [0.717, 1.165) is 5.56 Å². The second-order valence-corrected chi connectivity index (χ2v) is 4.87. The molecule has 1 N–H and O–H groups in total. The minimum atomic E-state index is -0.495. The van der Waals surface area contributed by atoms with E-state index >= 15 is 0 Å². The lowest BCUT2D eigenvalue weighted by molar-refractivity contribution is 0.0534. The molecule has 1 aromatic heterocycles. The molecule has 0 aliphatic rings. The summed E-state index contributed by atoms with van der Waals surface area (Å²) in [5.74, 6) is 0. The first-order valence-electron chi connectivity index (χ1n) is 5.90. The van der Waals surface area contributed by atoms with Crippen LogP contribution in [0.4, 0.5) is 4.79 Å². The van der Waals surface area contributed by atoms with Crippen LogP contribution in [0.3, 0.4) is 0 Å². The summed E-state index contributed by atoms with van der Waals surface area (Å²) in [5, 5.41) is 11.2. The van der Waals surface area contributed by atoms with Gasteiger partial charge in [-0.15, -0.1) is 0 Å². The maximum Gasteiger partial charge on any atom is 0.407 e. The molecule has 0 fully saturated rings. The lowest BCUT2D eigenvalue weighted by atomic mass is 10.2. The van der Waals surface area contributed by atoms with Gasteiger partial charge in [-0.05, 0) is 32.4 Å². The molecule has 0 radical (unpaired) electrons. The minimum absolute atomic E-state index is 0.370. The highest BCUT2D eigenvalue weighted by Gasteiger charge is 2.14. The topological polar surface area (TPSA) is 75.0 Å². The number of aromatic nitrogens is 1. The number of carbonyl (C=O) groups is 1. The van der Waals surface area contributed by atoms with Crippen LogP contribution in [0, 0.1) is 11.3 Å². The monoisotopic (exact) mass is 259 g/mol. The summed E-state index contributed by atoms with van der Waals surface area (Å²) in [4.78, 5) is 15.3. The van der Waals surface area contributed by atoms with Gasteiger partial charge in [-0.1, -0.05) is 18.2 Å². The van der Waals surface area contributed by atoms with Gasteiger partial charge in [-0.2, -0.15) is 5.26 Å². The van der Waals surface area contributed by atoms with Gasteiger partial charge < -0.3 is 10.1 Å². The molecule has 0 unspecified atom stereocenters. The number of alkyl carbamates (subject to hydrolysis) is 1. The number of hydrogen-bond acceptors (Lipinski definition) is 4. The Balaban J connectivity index is 2.38. The number of amides is 1. The van der Waals surface area contributed by atoms with Gasteiger partial charge in [-0.3, -0.25) is 0 Å². The molecule has 0 aliphatic carbocycles. The zero-order chi connectivity index (χ0) is 14.3. The fraction of sp³-hybridized carbons (Fsp3) is 0.357. The summed E-state index contributed by atoms with van der Waals surface area (Å²) in [7, 11) is 0. The molecule has 5 nitrogen and oxygen atoms in total. The van der Waals surface area contributed by atoms with E-state index in [2.05, 4.69) is 10.3 Å². The second-order valence-electron chi connectivity index (χ2n) is 4.87. The average Bonchev–Trinajstić information content (AvgIpc) is 2.33. The highest BCUT2D eigenvalue weighted by Crippen LogP contribution is 2.06. The van der Waals surface area contributed by atoms with Crippen molar-refractivity contribution in [2.45, 2.75) is 26.4 Å². The third-order valence-corrected chi connectivity index (χ3v) is 1.97. The molecule has 0 spiro atoms. The van der Waals surface area contributed by atoms with Crippen molar-refractivity contribution in [3.05, 3.63) is 35.7 Å². The average molecular weight is 259 g/mol. The maximum absolute atomic E-state index is 11.3. The van der Waals surface area contributed by atoms with Crippen molar-refractivity contribution in [2.75, 3.05) is 6.54 Å². The summed E-state index contributed by atoms with van der Waals surface area (Å²) in [6.07, 6.45) is 4.75. The third-order valence-electron chi connectivity index (χ3n) is 1.97. The van der Waals surface area contributed by atoms with Crippen molar-refractivity contribution < 1.29 is 9.53 Å². The van der Waals surface area contributed by atoms with E-state index in [-0.39, 0.29) is 0 Å². The van der Waals surface area contributed by atoms with Crippen molar-refractivity contribution in [2.24, 2.45) is 0 Å². The van der Waals surface area contributed by atoms with Crippen molar-refractivity contribution >= 4 is 12.2 Å². The van der Waals surface area contributed by atoms with Crippen molar-refractivity contribution in [1.82, 2.24) is 10.3 Å². The lowest BCUT2D eigenvalue weighted by Crippen LogP contribution is -2.32. The molecule has 0 atom stereocenters. The maximum atomic E-state index is 11.3. The van der Waals surface area contributed by atoms with E-state index in [9.17, 15) is 4.79 Å². The number of ether oxygens (including phenoxy) is 1. The Bertz CT molecular complexity index is 493. The Morgan fingerprint density at radius 1 is 1.53 bits per heavy atom. The summed E-state index contributed by atoms with van der Waals surface area (Å²) >= 11 is 0. The van der Waals surface area contributed by atoms with Crippen LogP contribution in [0.15, 0.2) is 24.4 Å². The number of carbonyl (C=O) groups excluding carboxylic acids is 1. The number of nitrogens with one attached hydrogen (secondary N) is 1. The highest BCUT2D eigenvalue weighted by atomic mass is 16.6. The molecule has 1 heterocycles. The number of nitrogens with zero attached hydrogens (tertiary/aromatic N) is 2. The van der Waals surface area contributed by atoms with Gasteiger partial charge in [0.1, 0.15) is 17.4 Å². The second kappa shape index (κ2) is 6.55. The molecule has 1 aromatic rings. The highest BCUT2D eigenvalue weighted by molar-refractivity contribution is 5.68. The van der Waals surface area contributed by atoms with Gasteiger partial charge in [0.25, 0.3) is 0 Å². The van der Waals surface area contributed by atoms with Crippen LogP contribution in [0.5, 0.6) is 0 Å². The molecule has 0 saturated carbocycles. The van der Waals surface area contributed by atoms with E-state index < -0.39 is 11.7 Å². The van der Waals surface area contributed by atoms with Gasteiger partial charge >= 0.3 is 6.09 Å². The van der Waals surface area contributed by atoms with Gasteiger partial charge in [-0.25, -0.2) is 9.78 Å². The lowest BCUT2D eigenvalue weighted by Gasteiger charge is -2.19. The molecular weight excluding hydrogens is 242 g/mol. The van der Waals surface area contributed by atoms with Crippen LogP contribution in [-0.4, -0.2) is 23.2 Å². The summed E-state index contributed by atoms with van der Waals surface area (Å²) in [5.41, 5.74) is 0.749. The molecule has 1 amide bonds. The van der Waals surface area contributed by atoms with Crippen molar-refractivity contribution in [3.63, 3.8) is 0 Å². The molecule has 19 heavy (non-hydrogen) atoms. The number of rotatable bonds is 3. The van der Waals surface area contributed by atoms with Crippen molar-refractivity contribution in [1.29, 1.82) is 5.26 Å². The van der Waals surface area contributed by atoms with Crippen LogP contribution in [-0.2, 0) is 4.74 Å². The zero-order valence-corrected chi connectivity index (χ0v) is 11.3. The molecular formula is C14H17N3O2. The fourth-order valence-corrected chi connectivity index (χ4v) is 1.22. The fourth-order valence-electron chi connectivity index (χ4n) is 1.22. The predicted molar refractivity (Wildman–Crippen MR) is 72.2 cm³/mol. The number of hydrogen-bond donors (Lipinski definition) is 1. The van der Waals surface area contributed by atoms with E-state index in [4.69, 9.17) is 10.00 Å². The summed E-state index contributed by atoms with van der Waals surface area (Å²) < 4.78 is 5.09. The molecule has 0 bridgehead atoms. The number of pyridine rings is 1. The first kappa shape index (κ1) is 14.7. The Kier molecular flexibility index (Phi) is 5.07. The smallest absolute Gasteiger partial charge is 0.407 e. The molecule has 100 valence electrons.